The predicted octanol–water partition coefficient (Wildman–Crippen LogP) is 0.497. The summed E-state index contributed by atoms with van der Waals surface area (Å²) in [5.41, 5.74) is 0. The van der Waals surface area contributed by atoms with Crippen molar-refractivity contribution < 1.29 is 32.7 Å². The van der Waals surface area contributed by atoms with Crippen molar-refractivity contribution in [3.05, 3.63) is 12.7 Å². The molecule has 0 spiro atoms. The molecule has 0 saturated carbocycles. The zero-order valence-corrected chi connectivity index (χ0v) is 5.52. The van der Waals surface area contributed by atoms with Gasteiger partial charge in [0.15, 0.2) is 0 Å². The maximum absolute atomic E-state index is 7.44. The summed E-state index contributed by atoms with van der Waals surface area (Å²) in [5.74, 6) is 0. The van der Waals surface area contributed by atoms with Crippen LogP contribution in [0.1, 0.15) is 0 Å². The fourth-order valence-electron chi connectivity index (χ4n) is 0. The minimum absolute atomic E-state index is 0. The number of hydrogen-bond donors (Lipinski definition) is 0. The average Bonchev–Trinajstić information content (AvgIpc) is 1.37. The van der Waals surface area contributed by atoms with Gasteiger partial charge < -0.3 is 5.26 Å². The van der Waals surface area contributed by atoms with Gasteiger partial charge in [0, 0.05) is 32.7 Å². The van der Waals surface area contributed by atoms with Crippen molar-refractivity contribution in [3.8, 4) is 6.07 Å². The molecule has 0 N–H and O–H groups in total. The van der Waals surface area contributed by atoms with Crippen LogP contribution in [0.2, 0.25) is 0 Å². The van der Waals surface area contributed by atoms with Crippen molar-refractivity contribution in [1.29, 1.82) is 5.26 Å². The molecule has 0 aromatic carbocycles. The summed E-state index contributed by atoms with van der Waals surface area (Å²) in [7, 11) is 0. The van der Waals surface area contributed by atoms with Crippen LogP contribution in [0.25, 0.3) is 0 Å². The normalized spacial score (nSPS) is 3.00. The molecule has 2 heteroatoms. The summed E-state index contributed by atoms with van der Waals surface area (Å²) in [6, 6.07) is 1.58. The maximum Gasteiger partial charge on any atom is 0 e. The van der Waals surface area contributed by atoms with Gasteiger partial charge in [-0.25, -0.2) is 0 Å². The first-order valence-corrected chi connectivity index (χ1v) is 0.846. The maximum atomic E-state index is 7.44. The summed E-state index contributed by atoms with van der Waals surface area (Å²) >= 11 is 0. The molecular weight excluding hydrogens is 139 g/mol. The molecule has 0 aliphatic carbocycles. The Morgan fingerprint density at radius 1 is 1.80 bits per heavy atom. The quantitative estimate of drug-likeness (QED) is 0.355. The fraction of sp³-hybridized carbons (Fsp3) is 0. The summed E-state index contributed by atoms with van der Waals surface area (Å²) in [6.45, 7) is 4.54. The second-order valence-electron chi connectivity index (χ2n) is 0.296. The van der Waals surface area contributed by atoms with E-state index in [1.54, 1.807) is 6.07 Å². The molecule has 0 saturated heterocycles. The Hall–Kier alpha value is 0.334. The van der Waals surface area contributed by atoms with E-state index in [4.69, 9.17) is 5.26 Å². The van der Waals surface area contributed by atoms with Gasteiger partial charge in [-0.05, 0) is 0 Å². The van der Waals surface area contributed by atoms with E-state index in [1.807, 2.05) is 0 Å². The van der Waals surface area contributed by atoms with E-state index >= 15 is 0 Å². The molecule has 0 heterocycles. The Morgan fingerprint density at radius 2 is 2.00 bits per heavy atom. The molecule has 0 atom stereocenters. The second-order valence-corrected chi connectivity index (χ2v) is 0.296. The first-order chi connectivity index (χ1) is 1.91. The van der Waals surface area contributed by atoms with Crippen molar-refractivity contribution in [2.75, 3.05) is 0 Å². The first kappa shape index (κ1) is 9.01. The molecule has 0 unspecified atom stereocenters. The topological polar surface area (TPSA) is 23.8 Å². The largest absolute Gasteiger partial charge is 0.329 e. The van der Waals surface area contributed by atoms with E-state index in [0.717, 1.165) is 6.08 Å². The number of hydrogen-bond acceptors (Lipinski definition) is 1. The summed E-state index contributed by atoms with van der Waals surface area (Å²) in [6.07, 6.45) is 0.931. The van der Waals surface area contributed by atoms with Gasteiger partial charge in [-0.3, -0.25) is 6.58 Å². The summed E-state index contributed by atoms with van der Waals surface area (Å²) in [5, 5.41) is 7.44. The Kier molecular flexibility index (Phi) is 15.9. The van der Waals surface area contributed by atoms with Gasteiger partial charge in [0.25, 0.3) is 0 Å². The third kappa shape index (κ3) is 13.3. The van der Waals surface area contributed by atoms with E-state index < -0.39 is 0 Å². The Bertz CT molecular complexity index is 52.4. The van der Waals surface area contributed by atoms with Gasteiger partial charge in [-0.1, -0.05) is 0 Å². The third-order valence-electron chi connectivity index (χ3n) is 0.0745. The molecule has 0 fully saturated rings. The van der Waals surface area contributed by atoms with E-state index in [0.29, 0.717) is 0 Å². The number of rotatable bonds is 0. The minimum Gasteiger partial charge on any atom is -0.329 e. The SMILES string of the molecule is [CH-]=CC#N.[Y]. The van der Waals surface area contributed by atoms with Crippen LogP contribution < -0.4 is 0 Å². The Labute approximate surface area is 56.6 Å². The number of nitrogens with zero attached hydrogens (tertiary/aromatic N) is 1. The predicted molar refractivity (Wildman–Crippen MR) is 14.5 cm³/mol. The van der Waals surface area contributed by atoms with Crippen LogP contribution in [0.5, 0.6) is 0 Å². The molecule has 0 rings (SSSR count). The zero-order chi connectivity index (χ0) is 3.41. The molecular formula is C3H2NY-. The van der Waals surface area contributed by atoms with E-state index in [-0.39, 0.29) is 32.7 Å². The van der Waals surface area contributed by atoms with E-state index in [9.17, 15) is 0 Å². The Morgan fingerprint density at radius 3 is 2.00 bits per heavy atom. The molecule has 0 aliphatic rings. The smallest absolute Gasteiger partial charge is 0 e. The van der Waals surface area contributed by atoms with Crippen molar-refractivity contribution in [1.82, 2.24) is 0 Å². The molecule has 0 amide bonds. The second kappa shape index (κ2) is 8.84. The first-order valence-electron chi connectivity index (χ1n) is 0.846. The van der Waals surface area contributed by atoms with Crippen LogP contribution in [-0.2, 0) is 32.7 Å². The van der Waals surface area contributed by atoms with Gasteiger partial charge in [0.1, 0.15) is 0 Å². The van der Waals surface area contributed by atoms with Gasteiger partial charge >= 0.3 is 0 Å². The van der Waals surface area contributed by atoms with Crippen LogP contribution >= 0.6 is 0 Å². The van der Waals surface area contributed by atoms with Gasteiger partial charge in [0.05, 0.1) is 0 Å². The Balaban J connectivity index is 0. The summed E-state index contributed by atoms with van der Waals surface area (Å²) < 4.78 is 0. The van der Waals surface area contributed by atoms with E-state index in [1.165, 1.54) is 0 Å². The van der Waals surface area contributed by atoms with Crippen molar-refractivity contribution in [2.45, 2.75) is 0 Å². The monoisotopic (exact) mass is 141 g/mol. The van der Waals surface area contributed by atoms with Crippen molar-refractivity contribution in [2.24, 2.45) is 0 Å². The van der Waals surface area contributed by atoms with Crippen molar-refractivity contribution >= 4 is 0 Å². The van der Waals surface area contributed by atoms with Crippen LogP contribution in [-0.4, -0.2) is 0 Å². The van der Waals surface area contributed by atoms with E-state index in [2.05, 4.69) is 6.58 Å². The van der Waals surface area contributed by atoms with Crippen LogP contribution in [0, 0.1) is 17.9 Å². The average molecular weight is 141 g/mol. The van der Waals surface area contributed by atoms with Crippen LogP contribution in [0.15, 0.2) is 6.08 Å². The summed E-state index contributed by atoms with van der Waals surface area (Å²) in [4.78, 5) is 0. The number of allylic oxidation sites excluding steroid dienone is 1. The molecule has 1 nitrogen and oxygen atoms in total. The van der Waals surface area contributed by atoms with Gasteiger partial charge in [-0.15, -0.1) is 6.07 Å². The molecule has 0 bridgehead atoms. The molecule has 0 aromatic heterocycles. The van der Waals surface area contributed by atoms with Crippen LogP contribution in [0.3, 0.4) is 0 Å². The van der Waals surface area contributed by atoms with Crippen LogP contribution in [0.4, 0.5) is 0 Å². The zero-order valence-electron chi connectivity index (χ0n) is 2.68. The third-order valence-corrected chi connectivity index (χ3v) is 0.0745. The van der Waals surface area contributed by atoms with Gasteiger partial charge in [0.2, 0.25) is 0 Å². The number of nitriles is 1. The molecule has 23 valence electrons. The standard InChI is InChI=1S/C3H2N.Y/c1-2-3-4;/h1-2H;/q-1;. The minimum atomic E-state index is 0. The van der Waals surface area contributed by atoms with Gasteiger partial charge in [-0.2, -0.15) is 6.08 Å². The fourth-order valence-corrected chi connectivity index (χ4v) is 0. The molecule has 5 heavy (non-hydrogen) atoms. The molecule has 0 aliphatic heterocycles. The molecule has 1 radical (unpaired) electrons. The molecule has 0 aromatic rings. The van der Waals surface area contributed by atoms with Crippen molar-refractivity contribution in [3.63, 3.8) is 0 Å².